The summed E-state index contributed by atoms with van der Waals surface area (Å²) >= 11 is 0. The summed E-state index contributed by atoms with van der Waals surface area (Å²) in [6.07, 6.45) is 2.09. The fourth-order valence-electron chi connectivity index (χ4n) is 2.49. The van der Waals surface area contributed by atoms with Crippen LogP contribution in [0.15, 0.2) is 18.2 Å². The Morgan fingerprint density at radius 3 is 2.89 bits per heavy atom. The van der Waals surface area contributed by atoms with Crippen LogP contribution in [0.2, 0.25) is 0 Å². The van der Waals surface area contributed by atoms with Gasteiger partial charge in [0.15, 0.2) is 0 Å². The van der Waals surface area contributed by atoms with Crippen molar-refractivity contribution in [2.24, 2.45) is 0 Å². The lowest BCUT2D eigenvalue weighted by molar-refractivity contribution is -0.123. The van der Waals surface area contributed by atoms with E-state index in [0.717, 1.165) is 12.1 Å². The Labute approximate surface area is 106 Å². The van der Waals surface area contributed by atoms with E-state index in [4.69, 9.17) is 5.73 Å². The summed E-state index contributed by atoms with van der Waals surface area (Å²) < 4.78 is 0. The van der Waals surface area contributed by atoms with E-state index in [-0.39, 0.29) is 11.9 Å². The van der Waals surface area contributed by atoms with Crippen molar-refractivity contribution in [2.75, 3.05) is 11.9 Å². The van der Waals surface area contributed by atoms with Crippen LogP contribution in [0.1, 0.15) is 12.0 Å². The van der Waals surface area contributed by atoms with Gasteiger partial charge in [-0.1, -0.05) is 14.6 Å². The standard InChI is InChI=1S/C12H14N3O2P/c13-8-2-1-7-3-4-12(6-18-9(7)5-8)10(16)14-11(17)15-12/h1-2,5,18H,3-4,6,13H2,(H2,14,15,16,17). The summed E-state index contributed by atoms with van der Waals surface area (Å²) in [5, 5.41) is 6.33. The third-order valence-electron chi connectivity index (χ3n) is 3.55. The number of hydrogen-bond donors (Lipinski definition) is 3. The lowest BCUT2D eigenvalue weighted by atomic mass is 9.93. The van der Waals surface area contributed by atoms with E-state index >= 15 is 0 Å². The number of fused-ring (bicyclic) bond motifs is 1. The number of urea groups is 1. The first-order valence-electron chi connectivity index (χ1n) is 5.85. The van der Waals surface area contributed by atoms with Gasteiger partial charge in [0.1, 0.15) is 5.54 Å². The quantitative estimate of drug-likeness (QED) is 0.352. The minimum atomic E-state index is -0.719. The van der Waals surface area contributed by atoms with Crippen molar-refractivity contribution in [3.8, 4) is 0 Å². The van der Waals surface area contributed by atoms with Gasteiger partial charge in [-0.25, -0.2) is 4.79 Å². The van der Waals surface area contributed by atoms with Crippen LogP contribution in [0.3, 0.4) is 0 Å². The van der Waals surface area contributed by atoms with Gasteiger partial charge in [0.25, 0.3) is 5.91 Å². The highest BCUT2D eigenvalue weighted by Crippen LogP contribution is 2.31. The van der Waals surface area contributed by atoms with Gasteiger partial charge in [-0.2, -0.15) is 0 Å². The van der Waals surface area contributed by atoms with E-state index in [2.05, 4.69) is 10.6 Å². The topological polar surface area (TPSA) is 84.2 Å². The smallest absolute Gasteiger partial charge is 0.322 e. The number of carbonyl (C=O) groups is 2. The average molecular weight is 263 g/mol. The van der Waals surface area contributed by atoms with Crippen LogP contribution in [-0.2, 0) is 11.2 Å². The van der Waals surface area contributed by atoms with Crippen LogP contribution >= 0.6 is 8.58 Å². The fraction of sp³-hybridized carbons (Fsp3) is 0.333. The van der Waals surface area contributed by atoms with Crippen molar-refractivity contribution in [1.29, 1.82) is 0 Å². The number of nitrogens with two attached hydrogens (primary N) is 1. The normalized spacial score (nSPS) is 27.8. The predicted molar refractivity (Wildman–Crippen MR) is 71.4 cm³/mol. The van der Waals surface area contributed by atoms with Crippen LogP contribution in [0.4, 0.5) is 10.5 Å². The monoisotopic (exact) mass is 263 g/mol. The van der Waals surface area contributed by atoms with Crippen molar-refractivity contribution < 1.29 is 9.59 Å². The number of hydrogen-bond acceptors (Lipinski definition) is 3. The molecule has 0 saturated carbocycles. The maximum absolute atomic E-state index is 11.9. The molecular weight excluding hydrogens is 249 g/mol. The van der Waals surface area contributed by atoms with Gasteiger partial charge in [-0.3, -0.25) is 10.1 Å². The minimum absolute atomic E-state index is 0.194. The number of imide groups is 1. The van der Waals surface area contributed by atoms with E-state index in [1.807, 2.05) is 18.2 Å². The lowest BCUT2D eigenvalue weighted by Gasteiger charge is -2.23. The van der Waals surface area contributed by atoms with Gasteiger partial charge in [0, 0.05) is 11.8 Å². The summed E-state index contributed by atoms with van der Waals surface area (Å²) in [4.78, 5) is 23.2. The van der Waals surface area contributed by atoms with Gasteiger partial charge in [-0.05, 0) is 35.8 Å². The highest BCUT2D eigenvalue weighted by Gasteiger charge is 2.46. The van der Waals surface area contributed by atoms with Crippen molar-refractivity contribution in [1.82, 2.24) is 10.6 Å². The van der Waals surface area contributed by atoms with Gasteiger partial charge in [-0.15, -0.1) is 0 Å². The molecule has 5 nitrogen and oxygen atoms in total. The SMILES string of the molecule is Nc1ccc2c(c1)PCC1(CC2)NC(=O)NC1=O. The highest BCUT2D eigenvalue weighted by atomic mass is 31.1. The van der Waals surface area contributed by atoms with Crippen LogP contribution in [0.5, 0.6) is 0 Å². The number of rotatable bonds is 0. The van der Waals surface area contributed by atoms with E-state index in [9.17, 15) is 9.59 Å². The largest absolute Gasteiger partial charge is 0.399 e. The van der Waals surface area contributed by atoms with Crippen LogP contribution in [0, 0.1) is 0 Å². The first kappa shape index (κ1) is 11.5. The molecule has 0 radical (unpaired) electrons. The second kappa shape index (κ2) is 3.95. The van der Waals surface area contributed by atoms with Crippen molar-refractivity contribution >= 4 is 31.5 Å². The molecule has 1 aromatic rings. The summed E-state index contributed by atoms with van der Waals surface area (Å²) in [6, 6.07) is 5.50. The number of aryl methyl sites for hydroxylation is 1. The Bertz CT molecular complexity index is 546. The number of nitrogen functional groups attached to an aromatic ring is 1. The molecule has 3 amide bonds. The molecule has 3 rings (SSSR count). The Hall–Kier alpha value is -1.61. The Morgan fingerprint density at radius 1 is 1.33 bits per heavy atom. The maximum atomic E-state index is 11.9. The van der Waals surface area contributed by atoms with Crippen molar-refractivity contribution in [3.05, 3.63) is 23.8 Å². The highest BCUT2D eigenvalue weighted by molar-refractivity contribution is 7.47. The minimum Gasteiger partial charge on any atom is -0.399 e. The number of benzene rings is 1. The lowest BCUT2D eigenvalue weighted by Crippen LogP contribution is -2.48. The third-order valence-corrected chi connectivity index (χ3v) is 5.18. The number of nitrogens with one attached hydrogen (secondary N) is 2. The zero-order valence-electron chi connectivity index (χ0n) is 9.75. The Kier molecular flexibility index (Phi) is 2.52. The zero-order valence-corrected chi connectivity index (χ0v) is 10.7. The molecule has 0 aromatic heterocycles. The molecule has 2 atom stereocenters. The van der Waals surface area contributed by atoms with Crippen molar-refractivity contribution in [3.63, 3.8) is 0 Å². The molecule has 2 aliphatic heterocycles. The summed E-state index contributed by atoms with van der Waals surface area (Å²) in [5.74, 6) is -0.194. The van der Waals surface area contributed by atoms with E-state index in [1.54, 1.807) is 0 Å². The molecular formula is C12H14N3O2P. The van der Waals surface area contributed by atoms with Crippen LogP contribution < -0.4 is 21.7 Å². The van der Waals surface area contributed by atoms with Crippen molar-refractivity contribution in [2.45, 2.75) is 18.4 Å². The third kappa shape index (κ3) is 1.75. The molecule has 2 unspecified atom stereocenters. The fourth-order valence-corrected chi connectivity index (χ4v) is 4.11. The molecule has 1 spiro atoms. The molecule has 4 N–H and O–H groups in total. The molecule has 1 saturated heterocycles. The molecule has 94 valence electrons. The van der Waals surface area contributed by atoms with Gasteiger partial charge < -0.3 is 11.1 Å². The first-order chi connectivity index (χ1) is 8.59. The predicted octanol–water partition coefficient (Wildman–Crippen LogP) is 0.0970. The summed E-state index contributed by atoms with van der Waals surface area (Å²) in [7, 11) is 0.487. The van der Waals surface area contributed by atoms with E-state index in [1.165, 1.54) is 10.9 Å². The second-order valence-electron chi connectivity index (χ2n) is 4.76. The molecule has 0 bridgehead atoms. The van der Waals surface area contributed by atoms with Crippen LogP contribution in [0.25, 0.3) is 0 Å². The maximum Gasteiger partial charge on any atom is 0.322 e. The van der Waals surface area contributed by atoms with E-state index < -0.39 is 5.54 Å². The molecule has 1 aromatic carbocycles. The number of anilines is 1. The first-order valence-corrected chi connectivity index (χ1v) is 7.06. The van der Waals surface area contributed by atoms with Crippen LogP contribution in [-0.4, -0.2) is 23.6 Å². The molecule has 18 heavy (non-hydrogen) atoms. The summed E-state index contributed by atoms with van der Waals surface area (Å²) in [6.45, 7) is 0. The zero-order chi connectivity index (χ0) is 12.8. The van der Waals surface area contributed by atoms with Gasteiger partial charge in [0.05, 0.1) is 0 Å². The molecule has 1 fully saturated rings. The number of carbonyl (C=O) groups excluding carboxylic acids is 2. The molecule has 6 heteroatoms. The van der Waals surface area contributed by atoms with Gasteiger partial charge >= 0.3 is 6.03 Å². The summed E-state index contributed by atoms with van der Waals surface area (Å²) in [5.41, 5.74) is 7.04. The van der Waals surface area contributed by atoms with E-state index in [0.29, 0.717) is 21.2 Å². The molecule has 2 heterocycles. The number of amides is 3. The Morgan fingerprint density at radius 2 is 2.17 bits per heavy atom. The second-order valence-corrected chi connectivity index (χ2v) is 6.01. The molecule has 0 aliphatic carbocycles. The van der Waals surface area contributed by atoms with Gasteiger partial charge in [0.2, 0.25) is 0 Å². The Balaban J connectivity index is 1.91. The molecule has 2 aliphatic rings. The average Bonchev–Trinajstić information content (AvgIpc) is 2.50.